The van der Waals surface area contributed by atoms with E-state index in [-0.39, 0.29) is 23.6 Å². The number of benzene rings is 2. The Kier molecular flexibility index (Phi) is 4.86. The second-order valence-electron chi connectivity index (χ2n) is 5.76. The Bertz CT molecular complexity index is 581. The average Bonchev–Trinajstić information content (AvgIpc) is 2.47. The van der Waals surface area contributed by atoms with Gasteiger partial charge in [0.2, 0.25) is 0 Å². The highest BCUT2D eigenvalue weighted by Crippen LogP contribution is 2.31. The summed E-state index contributed by atoms with van der Waals surface area (Å²) in [6.45, 7) is 6.33. The minimum absolute atomic E-state index is 0.0651. The summed E-state index contributed by atoms with van der Waals surface area (Å²) in [5.41, 5.74) is 1.93. The molecule has 0 aliphatic carbocycles. The third kappa shape index (κ3) is 3.76. The van der Waals surface area contributed by atoms with Gasteiger partial charge in [-0.3, -0.25) is 0 Å². The number of hydrogen-bond donors (Lipinski definition) is 3. The maximum absolute atomic E-state index is 9.98. The fraction of sp³-hybridized carbons (Fsp3) is 0.333. The lowest BCUT2D eigenvalue weighted by Crippen LogP contribution is -2.28. The van der Waals surface area contributed by atoms with Gasteiger partial charge in [0.15, 0.2) is 0 Å². The Morgan fingerprint density at radius 2 is 1.57 bits per heavy atom. The molecule has 3 nitrogen and oxygen atoms in total. The second-order valence-corrected chi connectivity index (χ2v) is 5.76. The molecule has 0 heterocycles. The highest BCUT2D eigenvalue weighted by atomic mass is 16.3. The Balaban J connectivity index is 2.23. The van der Waals surface area contributed by atoms with Crippen molar-refractivity contribution >= 4 is 0 Å². The number of rotatable bonds is 5. The molecule has 3 N–H and O–H groups in total. The zero-order valence-electron chi connectivity index (χ0n) is 12.7. The van der Waals surface area contributed by atoms with E-state index >= 15 is 0 Å². The van der Waals surface area contributed by atoms with E-state index in [1.807, 2.05) is 25.1 Å². The Morgan fingerprint density at radius 1 is 0.905 bits per heavy atom. The molecule has 0 radical (unpaired) electrons. The summed E-state index contributed by atoms with van der Waals surface area (Å²) in [6, 6.07) is 15.0. The van der Waals surface area contributed by atoms with Crippen molar-refractivity contribution in [2.45, 2.75) is 32.9 Å². The molecular formula is C18H23NO2. The second kappa shape index (κ2) is 6.64. The van der Waals surface area contributed by atoms with Crippen LogP contribution < -0.4 is 5.32 Å². The van der Waals surface area contributed by atoms with Crippen LogP contribution in [0.4, 0.5) is 0 Å². The van der Waals surface area contributed by atoms with Crippen LogP contribution in [0.25, 0.3) is 0 Å². The van der Waals surface area contributed by atoms with E-state index in [0.29, 0.717) is 11.5 Å². The van der Waals surface area contributed by atoms with Crippen molar-refractivity contribution in [3.8, 4) is 11.5 Å². The molecule has 2 atom stereocenters. The Labute approximate surface area is 126 Å². The quantitative estimate of drug-likeness (QED) is 0.723. The lowest BCUT2D eigenvalue weighted by Gasteiger charge is -2.27. The first-order chi connectivity index (χ1) is 9.99. The van der Waals surface area contributed by atoms with E-state index in [2.05, 4.69) is 31.3 Å². The van der Waals surface area contributed by atoms with Crippen molar-refractivity contribution in [1.29, 1.82) is 0 Å². The molecule has 0 bridgehead atoms. The average molecular weight is 285 g/mol. The van der Waals surface area contributed by atoms with Gasteiger partial charge in [-0.15, -0.1) is 0 Å². The summed E-state index contributed by atoms with van der Waals surface area (Å²) in [6.07, 6.45) is 0. The molecule has 21 heavy (non-hydrogen) atoms. The van der Waals surface area contributed by atoms with Crippen molar-refractivity contribution < 1.29 is 10.2 Å². The molecule has 0 aliphatic rings. The highest BCUT2D eigenvalue weighted by Gasteiger charge is 2.20. The maximum atomic E-state index is 9.98. The van der Waals surface area contributed by atoms with Crippen LogP contribution in [0.2, 0.25) is 0 Å². The maximum Gasteiger partial charge on any atom is 0.120 e. The highest BCUT2D eigenvalue weighted by molar-refractivity contribution is 5.40. The zero-order valence-corrected chi connectivity index (χ0v) is 12.7. The third-order valence-corrected chi connectivity index (χ3v) is 3.73. The zero-order chi connectivity index (χ0) is 15.4. The first-order valence-electron chi connectivity index (χ1n) is 7.32. The summed E-state index contributed by atoms with van der Waals surface area (Å²) in [7, 11) is 0. The summed E-state index contributed by atoms with van der Waals surface area (Å²) >= 11 is 0. The third-order valence-electron chi connectivity index (χ3n) is 3.73. The van der Waals surface area contributed by atoms with Gasteiger partial charge in [0.25, 0.3) is 0 Å². The molecule has 112 valence electrons. The fourth-order valence-corrected chi connectivity index (χ4v) is 2.58. The van der Waals surface area contributed by atoms with Gasteiger partial charge in [0.05, 0.1) is 0 Å². The first kappa shape index (κ1) is 15.4. The summed E-state index contributed by atoms with van der Waals surface area (Å²) < 4.78 is 0. The van der Waals surface area contributed by atoms with Crippen molar-refractivity contribution in [2.75, 3.05) is 0 Å². The van der Waals surface area contributed by atoms with Gasteiger partial charge < -0.3 is 15.5 Å². The summed E-state index contributed by atoms with van der Waals surface area (Å²) in [5, 5.41) is 23.1. The van der Waals surface area contributed by atoms with E-state index in [1.54, 1.807) is 6.07 Å². The van der Waals surface area contributed by atoms with Gasteiger partial charge in [-0.05, 0) is 36.6 Å². The van der Waals surface area contributed by atoms with Crippen molar-refractivity contribution in [3.63, 3.8) is 0 Å². The van der Waals surface area contributed by atoms with Crippen LogP contribution in [0, 0.1) is 5.92 Å². The van der Waals surface area contributed by atoms with Gasteiger partial charge in [-0.1, -0.05) is 44.2 Å². The molecule has 2 aromatic rings. The van der Waals surface area contributed by atoms with Crippen LogP contribution in [0.3, 0.4) is 0 Å². The molecule has 0 saturated carbocycles. The van der Waals surface area contributed by atoms with Crippen LogP contribution in [0.5, 0.6) is 11.5 Å². The van der Waals surface area contributed by atoms with E-state index < -0.39 is 0 Å². The van der Waals surface area contributed by atoms with Crippen molar-refractivity contribution in [2.24, 2.45) is 5.92 Å². The van der Waals surface area contributed by atoms with Gasteiger partial charge >= 0.3 is 0 Å². The monoisotopic (exact) mass is 285 g/mol. The van der Waals surface area contributed by atoms with Gasteiger partial charge in [-0.2, -0.15) is 0 Å². The standard InChI is InChI=1S/C18H23NO2/c1-12(2)18(14-7-5-4-6-8-14)19-13(3)16-11-15(20)9-10-17(16)21/h4-13,18-21H,1-3H3. The minimum Gasteiger partial charge on any atom is -0.508 e. The summed E-state index contributed by atoms with van der Waals surface area (Å²) in [5.74, 6) is 0.773. The largest absolute Gasteiger partial charge is 0.508 e. The SMILES string of the molecule is CC(NC(c1ccccc1)C(C)C)c1cc(O)ccc1O. The number of aromatic hydroxyl groups is 2. The molecule has 0 saturated heterocycles. The van der Waals surface area contributed by atoms with Gasteiger partial charge in [-0.25, -0.2) is 0 Å². The molecule has 0 spiro atoms. The van der Waals surface area contributed by atoms with E-state index in [0.717, 1.165) is 0 Å². The Hall–Kier alpha value is -2.00. The molecule has 0 aliphatic heterocycles. The van der Waals surface area contributed by atoms with Crippen molar-refractivity contribution in [1.82, 2.24) is 5.32 Å². The lowest BCUT2D eigenvalue weighted by molar-refractivity contribution is 0.364. The van der Waals surface area contributed by atoms with Crippen LogP contribution >= 0.6 is 0 Å². The van der Waals surface area contributed by atoms with Crippen molar-refractivity contribution in [3.05, 3.63) is 59.7 Å². The lowest BCUT2D eigenvalue weighted by atomic mass is 9.94. The smallest absolute Gasteiger partial charge is 0.120 e. The van der Waals surface area contributed by atoms with Gasteiger partial charge in [0.1, 0.15) is 11.5 Å². The molecule has 2 unspecified atom stereocenters. The van der Waals surface area contributed by atoms with Gasteiger partial charge in [0, 0.05) is 17.6 Å². The Morgan fingerprint density at radius 3 is 2.19 bits per heavy atom. The number of phenolic OH excluding ortho intramolecular Hbond substituents is 2. The number of hydrogen-bond acceptors (Lipinski definition) is 3. The van der Waals surface area contributed by atoms with E-state index in [4.69, 9.17) is 0 Å². The van der Waals surface area contributed by atoms with Crippen LogP contribution in [-0.4, -0.2) is 10.2 Å². The minimum atomic E-state index is -0.0651. The number of phenols is 2. The molecule has 2 rings (SSSR count). The number of nitrogens with one attached hydrogen (secondary N) is 1. The molecule has 0 aromatic heterocycles. The molecule has 0 fully saturated rings. The molecule has 3 heteroatoms. The van der Waals surface area contributed by atoms with E-state index in [1.165, 1.54) is 17.7 Å². The predicted molar refractivity (Wildman–Crippen MR) is 85.3 cm³/mol. The van der Waals surface area contributed by atoms with E-state index in [9.17, 15) is 10.2 Å². The molecule has 0 amide bonds. The topological polar surface area (TPSA) is 52.5 Å². The molecular weight excluding hydrogens is 262 g/mol. The summed E-state index contributed by atoms with van der Waals surface area (Å²) in [4.78, 5) is 0. The normalized spacial score (nSPS) is 14.1. The van der Waals surface area contributed by atoms with Crippen LogP contribution in [-0.2, 0) is 0 Å². The fourth-order valence-electron chi connectivity index (χ4n) is 2.58. The first-order valence-corrected chi connectivity index (χ1v) is 7.32. The van der Waals surface area contributed by atoms with Crippen LogP contribution in [0.15, 0.2) is 48.5 Å². The molecule has 2 aromatic carbocycles. The van der Waals surface area contributed by atoms with Crippen LogP contribution in [0.1, 0.15) is 44.0 Å². The predicted octanol–water partition coefficient (Wildman–Crippen LogP) is 4.15.